The highest BCUT2D eigenvalue weighted by Crippen LogP contribution is 2.21. The van der Waals surface area contributed by atoms with E-state index in [1.54, 1.807) is 19.1 Å². The molecule has 30 heavy (non-hydrogen) atoms. The van der Waals surface area contributed by atoms with Gasteiger partial charge in [0.15, 0.2) is 0 Å². The van der Waals surface area contributed by atoms with Crippen LogP contribution in [0.1, 0.15) is 40.9 Å². The Hall–Kier alpha value is -2.45. The van der Waals surface area contributed by atoms with E-state index in [4.69, 9.17) is 17.3 Å². The Morgan fingerprint density at radius 1 is 1.33 bits per heavy atom. The van der Waals surface area contributed by atoms with Crippen LogP contribution in [0.2, 0.25) is 5.15 Å². The van der Waals surface area contributed by atoms with Crippen LogP contribution >= 0.6 is 11.6 Å². The third-order valence-corrected chi connectivity index (χ3v) is 5.77. The lowest BCUT2D eigenvalue weighted by Gasteiger charge is -2.31. The van der Waals surface area contributed by atoms with Gasteiger partial charge in [0.05, 0.1) is 23.7 Å². The molecule has 2 heterocycles. The first-order valence-electron chi connectivity index (χ1n) is 10.1. The number of primary amides is 1. The Bertz CT molecular complexity index is 900. The average molecular weight is 436 g/mol. The van der Waals surface area contributed by atoms with Crippen molar-refractivity contribution in [3.8, 4) is 0 Å². The number of likely N-dealkylation sites (tertiary alicyclic amines) is 1. The molecule has 1 fully saturated rings. The van der Waals surface area contributed by atoms with Crippen molar-refractivity contribution in [3.63, 3.8) is 0 Å². The van der Waals surface area contributed by atoms with Gasteiger partial charge in [-0.1, -0.05) is 23.7 Å². The summed E-state index contributed by atoms with van der Waals surface area (Å²) >= 11 is 6.40. The summed E-state index contributed by atoms with van der Waals surface area (Å²) in [6.45, 7) is 5.00. The maximum atomic E-state index is 13.1. The van der Waals surface area contributed by atoms with Gasteiger partial charge in [-0.3, -0.25) is 9.59 Å². The van der Waals surface area contributed by atoms with E-state index in [9.17, 15) is 14.0 Å². The number of nitrogens with zero attached hydrogens (tertiary/aromatic N) is 3. The second-order valence-electron chi connectivity index (χ2n) is 7.69. The van der Waals surface area contributed by atoms with Crippen molar-refractivity contribution in [1.82, 2.24) is 20.0 Å². The van der Waals surface area contributed by atoms with Gasteiger partial charge in [0.1, 0.15) is 11.0 Å². The Labute approximate surface area is 180 Å². The van der Waals surface area contributed by atoms with Crippen molar-refractivity contribution in [1.29, 1.82) is 0 Å². The molecule has 0 radical (unpaired) electrons. The van der Waals surface area contributed by atoms with Crippen molar-refractivity contribution >= 4 is 23.4 Å². The third-order valence-electron chi connectivity index (χ3n) is 5.38. The van der Waals surface area contributed by atoms with Crippen LogP contribution in [0.15, 0.2) is 24.3 Å². The number of hydrogen-bond acceptors (Lipinski definition) is 4. The van der Waals surface area contributed by atoms with Crippen molar-refractivity contribution < 1.29 is 14.0 Å². The standard InChI is InChI=1S/C21H27ClFN5O2/c1-14-18(19(22)28(26-14)12-15-5-7-17(23)8-6-15)21(30)25-9-3-11-27-10-2-4-16(13-27)20(24)29/h5-8,16H,2-4,9-13H2,1H3,(H2,24,29)(H,25,30). The number of carbonyl (C=O) groups is 2. The molecule has 0 bridgehead atoms. The predicted molar refractivity (Wildman–Crippen MR) is 113 cm³/mol. The molecule has 0 aliphatic carbocycles. The molecule has 7 nitrogen and oxygen atoms in total. The van der Waals surface area contributed by atoms with E-state index < -0.39 is 0 Å². The third kappa shape index (κ3) is 5.58. The van der Waals surface area contributed by atoms with Crippen molar-refractivity contribution in [2.45, 2.75) is 32.7 Å². The number of piperidine rings is 1. The number of benzene rings is 1. The van der Waals surface area contributed by atoms with Crippen LogP contribution in [0.3, 0.4) is 0 Å². The molecular formula is C21H27ClFN5O2. The van der Waals surface area contributed by atoms with Crippen molar-refractivity contribution in [2.24, 2.45) is 11.7 Å². The summed E-state index contributed by atoms with van der Waals surface area (Å²) in [7, 11) is 0. The van der Waals surface area contributed by atoms with Gasteiger partial charge in [0.25, 0.3) is 5.91 Å². The minimum atomic E-state index is -0.309. The molecule has 1 aromatic carbocycles. The quantitative estimate of drug-likeness (QED) is 0.622. The first-order valence-corrected chi connectivity index (χ1v) is 10.5. The molecule has 1 saturated heterocycles. The monoisotopic (exact) mass is 435 g/mol. The zero-order valence-electron chi connectivity index (χ0n) is 17.0. The van der Waals surface area contributed by atoms with E-state index in [0.717, 1.165) is 37.9 Å². The summed E-state index contributed by atoms with van der Waals surface area (Å²) in [6, 6.07) is 6.07. The van der Waals surface area contributed by atoms with Crippen molar-refractivity contribution in [2.75, 3.05) is 26.2 Å². The number of rotatable bonds is 8. The molecule has 1 unspecified atom stereocenters. The van der Waals surface area contributed by atoms with Crippen LogP contribution < -0.4 is 11.1 Å². The van der Waals surface area contributed by atoms with E-state index in [1.165, 1.54) is 16.8 Å². The molecule has 2 aromatic rings. The van der Waals surface area contributed by atoms with Crippen LogP contribution in [0.5, 0.6) is 0 Å². The van der Waals surface area contributed by atoms with E-state index in [1.807, 2.05) is 0 Å². The van der Waals surface area contributed by atoms with Crippen molar-refractivity contribution in [3.05, 3.63) is 52.1 Å². The highest BCUT2D eigenvalue weighted by Gasteiger charge is 2.24. The second kappa shape index (κ2) is 10.0. The molecule has 3 N–H and O–H groups in total. The Kier molecular flexibility index (Phi) is 7.44. The number of nitrogens with two attached hydrogens (primary N) is 1. The van der Waals surface area contributed by atoms with Crippen LogP contribution in [0.25, 0.3) is 0 Å². The van der Waals surface area contributed by atoms with Gasteiger partial charge >= 0.3 is 0 Å². The normalized spacial score (nSPS) is 17.1. The van der Waals surface area contributed by atoms with Gasteiger partial charge in [-0.25, -0.2) is 9.07 Å². The van der Waals surface area contributed by atoms with E-state index in [0.29, 0.717) is 30.9 Å². The van der Waals surface area contributed by atoms with Gasteiger partial charge in [-0.05, 0) is 57.0 Å². The van der Waals surface area contributed by atoms with Gasteiger partial charge in [0, 0.05) is 13.1 Å². The molecule has 1 aromatic heterocycles. The number of aromatic nitrogens is 2. The Morgan fingerprint density at radius 3 is 2.77 bits per heavy atom. The van der Waals surface area contributed by atoms with Gasteiger partial charge < -0.3 is 16.0 Å². The molecule has 162 valence electrons. The van der Waals surface area contributed by atoms with Crippen LogP contribution in [-0.2, 0) is 11.3 Å². The van der Waals surface area contributed by atoms with E-state index >= 15 is 0 Å². The fraction of sp³-hybridized carbons (Fsp3) is 0.476. The van der Waals surface area contributed by atoms with Crippen LogP contribution in [-0.4, -0.2) is 52.7 Å². The lowest BCUT2D eigenvalue weighted by atomic mass is 9.97. The number of carbonyl (C=O) groups excluding carboxylic acids is 2. The molecular weight excluding hydrogens is 409 g/mol. The predicted octanol–water partition coefficient (Wildman–Crippen LogP) is 2.35. The minimum Gasteiger partial charge on any atom is -0.369 e. The average Bonchev–Trinajstić information content (AvgIpc) is 3.00. The molecule has 0 saturated carbocycles. The molecule has 1 aliphatic heterocycles. The summed E-state index contributed by atoms with van der Waals surface area (Å²) in [5.74, 6) is -0.898. The highest BCUT2D eigenvalue weighted by atomic mass is 35.5. The Balaban J connectivity index is 1.51. The SMILES string of the molecule is Cc1nn(Cc2ccc(F)cc2)c(Cl)c1C(=O)NCCCN1CCCC(C(N)=O)C1. The summed E-state index contributed by atoms with van der Waals surface area (Å²) in [5.41, 5.74) is 7.14. The molecule has 2 amide bonds. The maximum absolute atomic E-state index is 13.1. The topological polar surface area (TPSA) is 93.2 Å². The first kappa shape index (κ1) is 22.2. The van der Waals surface area contributed by atoms with E-state index in [2.05, 4.69) is 15.3 Å². The van der Waals surface area contributed by atoms with Crippen LogP contribution in [0, 0.1) is 18.7 Å². The zero-order chi connectivity index (χ0) is 21.7. The number of aryl methyl sites for hydroxylation is 1. The highest BCUT2D eigenvalue weighted by molar-refractivity contribution is 6.33. The number of hydrogen-bond donors (Lipinski definition) is 2. The largest absolute Gasteiger partial charge is 0.369 e. The second-order valence-corrected chi connectivity index (χ2v) is 8.04. The van der Waals surface area contributed by atoms with Gasteiger partial charge in [-0.2, -0.15) is 5.10 Å². The number of halogens is 2. The number of nitrogens with one attached hydrogen (secondary N) is 1. The lowest BCUT2D eigenvalue weighted by molar-refractivity contribution is -0.123. The molecule has 1 aliphatic rings. The number of amides is 2. The maximum Gasteiger partial charge on any atom is 0.256 e. The fourth-order valence-corrected chi connectivity index (χ4v) is 4.08. The summed E-state index contributed by atoms with van der Waals surface area (Å²) < 4.78 is 14.6. The van der Waals surface area contributed by atoms with E-state index in [-0.39, 0.29) is 28.7 Å². The summed E-state index contributed by atoms with van der Waals surface area (Å²) in [5, 5.41) is 7.51. The lowest BCUT2D eigenvalue weighted by Crippen LogP contribution is -2.42. The summed E-state index contributed by atoms with van der Waals surface area (Å²) in [6.07, 6.45) is 2.57. The molecule has 0 spiro atoms. The Morgan fingerprint density at radius 2 is 2.07 bits per heavy atom. The van der Waals surface area contributed by atoms with Gasteiger partial charge in [0.2, 0.25) is 5.91 Å². The van der Waals surface area contributed by atoms with Gasteiger partial charge in [-0.15, -0.1) is 0 Å². The molecule has 9 heteroatoms. The zero-order valence-corrected chi connectivity index (χ0v) is 17.8. The molecule has 3 rings (SSSR count). The molecule has 1 atom stereocenters. The smallest absolute Gasteiger partial charge is 0.256 e. The minimum absolute atomic E-state index is 0.0817. The first-order chi connectivity index (χ1) is 14.3. The summed E-state index contributed by atoms with van der Waals surface area (Å²) in [4.78, 5) is 26.2. The van der Waals surface area contributed by atoms with Crippen LogP contribution in [0.4, 0.5) is 4.39 Å². The fourth-order valence-electron chi connectivity index (χ4n) is 3.76.